The van der Waals surface area contributed by atoms with Crippen LogP contribution in [0, 0.1) is 0 Å². The van der Waals surface area contributed by atoms with Crippen molar-refractivity contribution in [2.75, 3.05) is 13.1 Å². The minimum Gasteiger partial charge on any atom is -0.480 e. The van der Waals surface area contributed by atoms with Crippen molar-refractivity contribution in [3.8, 4) is 0 Å². The zero-order valence-corrected chi connectivity index (χ0v) is 13.8. The largest absolute Gasteiger partial charge is 0.480 e. The Hall–Kier alpha value is -1.78. The van der Waals surface area contributed by atoms with E-state index in [4.69, 9.17) is 0 Å². The first-order valence-corrected chi connectivity index (χ1v) is 8.83. The molecule has 0 saturated carbocycles. The smallest absolute Gasteiger partial charge is 0.321 e. The van der Waals surface area contributed by atoms with Crippen molar-refractivity contribution in [3.05, 3.63) is 60.2 Å². The van der Waals surface area contributed by atoms with Crippen LogP contribution in [0.25, 0.3) is 0 Å². The predicted octanol–water partition coefficient (Wildman–Crippen LogP) is 3.93. The van der Waals surface area contributed by atoms with Gasteiger partial charge in [-0.25, -0.2) is 0 Å². The summed E-state index contributed by atoms with van der Waals surface area (Å²) >= 11 is 1.70. The number of rotatable bonds is 6. The van der Waals surface area contributed by atoms with Crippen LogP contribution in [-0.4, -0.2) is 35.1 Å². The van der Waals surface area contributed by atoms with E-state index in [-0.39, 0.29) is 0 Å². The molecule has 1 N–H and O–H groups in total. The van der Waals surface area contributed by atoms with Crippen molar-refractivity contribution < 1.29 is 9.90 Å². The van der Waals surface area contributed by atoms with Gasteiger partial charge in [-0.3, -0.25) is 9.69 Å². The van der Waals surface area contributed by atoms with Crippen molar-refractivity contribution >= 4 is 17.7 Å². The van der Waals surface area contributed by atoms with E-state index < -0.39 is 12.0 Å². The average Bonchev–Trinajstić information content (AvgIpc) is 3.09. The van der Waals surface area contributed by atoms with Crippen LogP contribution in [0.2, 0.25) is 0 Å². The van der Waals surface area contributed by atoms with E-state index in [0.29, 0.717) is 6.42 Å². The molecule has 1 aliphatic heterocycles. The van der Waals surface area contributed by atoms with Crippen molar-refractivity contribution in [1.29, 1.82) is 0 Å². The molecule has 0 amide bonds. The Bertz CT molecular complexity index is 653. The van der Waals surface area contributed by atoms with Crippen LogP contribution < -0.4 is 0 Å². The molecule has 1 fully saturated rings. The van der Waals surface area contributed by atoms with E-state index in [9.17, 15) is 9.90 Å². The number of benzene rings is 2. The summed E-state index contributed by atoms with van der Waals surface area (Å²) in [7, 11) is 0. The third-order valence-electron chi connectivity index (χ3n) is 4.22. The van der Waals surface area contributed by atoms with Crippen LogP contribution in [0.1, 0.15) is 18.4 Å². The van der Waals surface area contributed by atoms with Gasteiger partial charge in [0.15, 0.2) is 0 Å². The van der Waals surface area contributed by atoms with E-state index in [1.54, 1.807) is 11.8 Å². The molecule has 0 radical (unpaired) electrons. The molecule has 1 heterocycles. The predicted molar refractivity (Wildman–Crippen MR) is 92.9 cm³/mol. The molecule has 2 aromatic carbocycles. The van der Waals surface area contributed by atoms with E-state index in [1.807, 2.05) is 30.3 Å². The quantitative estimate of drug-likeness (QED) is 0.873. The molecular weight excluding hydrogens is 306 g/mol. The number of hydrogen-bond acceptors (Lipinski definition) is 3. The molecule has 0 aromatic heterocycles. The Labute approximate surface area is 141 Å². The standard InChI is InChI=1S/C19H21NO2S/c21-19(22)17(20-12-6-7-13-20)14-15-8-4-5-11-18(15)23-16-9-2-1-3-10-16/h1-5,8-11,17H,6-7,12-14H2,(H,21,22)/t17-/m0/s1. The molecule has 3 nitrogen and oxygen atoms in total. The zero-order valence-electron chi connectivity index (χ0n) is 13.0. The molecule has 1 atom stereocenters. The first-order chi connectivity index (χ1) is 11.2. The van der Waals surface area contributed by atoms with Crippen LogP contribution in [0.15, 0.2) is 64.4 Å². The minimum absolute atomic E-state index is 0.421. The van der Waals surface area contributed by atoms with Gasteiger partial charge in [-0.15, -0.1) is 0 Å². The van der Waals surface area contributed by atoms with Gasteiger partial charge in [-0.1, -0.05) is 48.2 Å². The first kappa shape index (κ1) is 16.1. The number of likely N-dealkylation sites (tertiary alicyclic amines) is 1. The third-order valence-corrected chi connectivity index (χ3v) is 5.35. The van der Waals surface area contributed by atoms with Crippen molar-refractivity contribution in [2.24, 2.45) is 0 Å². The number of carbonyl (C=O) groups is 1. The minimum atomic E-state index is -0.716. The molecule has 0 aliphatic carbocycles. The van der Waals surface area contributed by atoms with E-state index in [1.165, 1.54) is 4.90 Å². The van der Waals surface area contributed by atoms with Crippen LogP contribution in [0.4, 0.5) is 0 Å². The Balaban J connectivity index is 1.80. The van der Waals surface area contributed by atoms with Crippen molar-refractivity contribution in [2.45, 2.75) is 35.1 Å². The topological polar surface area (TPSA) is 40.5 Å². The van der Waals surface area contributed by atoms with Crippen molar-refractivity contribution in [1.82, 2.24) is 4.90 Å². The normalized spacial score (nSPS) is 16.3. The first-order valence-electron chi connectivity index (χ1n) is 8.02. The summed E-state index contributed by atoms with van der Waals surface area (Å²) < 4.78 is 0. The zero-order chi connectivity index (χ0) is 16.1. The number of carboxylic acids is 1. The Kier molecular flexibility index (Phi) is 5.36. The summed E-state index contributed by atoms with van der Waals surface area (Å²) in [6, 6.07) is 17.9. The lowest BCUT2D eigenvalue weighted by Crippen LogP contribution is -2.40. The van der Waals surface area contributed by atoms with Crippen LogP contribution in [-0.2, 0) is 11.2 Å². The number of nitrogens with zero attached hydrogens (tertiary/aromatic N) is 1. The number of hydrogen-bond donors (Lipinski definition) is 1. The van der Waals surface area contributed by atoms with Gasteiger partial charge in [0.2, 0.25) is 0 Å². The van der Waals surface area contributed by atoms with Crippen molar-refractivity contribution in [3.63, 3.8) is 0 Å². The second kappa shape index (κ2) is 7.66. The van der Waals surface area contributed by atoms with Gasteiger partial charge < -0.3 is 5.11 Å². The van der Waals surface area contributed by atoms with E-state index in [0.717, 1.165) is 36.4 Å². The third kappa shape index (κ3) is 4.15. The maximum atomic E-state index is 11.7. The van der Waals surface area contributed by atoms with Gasteiger partial charge in [0.1, 0.15) is 6.04 Å². The highest BCUT2D eigenvalue weighted by molar-refractivity contribution is 7.99. The van der Waals surface area contributed by atoms with Crippen LogP contribution in [0.3, 0.4) is 0 Å². The molecule has 2 aromatic rings. The fourth-order valence-corrected chi connectivity index (χ4v) is 4.00. The van der Waals surface area contributed by atoms with E-state index in [2.05, 4.69) is 29.2 Å². The lowest BCUT2D eigenvalue weighted by Gasteiger charge is -2.24. The molecule has 120 valence electrons. The lowest BCUT2D eigenvalue weighted by molar-refractivity contribution is -0.142. The van der Waals surface area contributed by atoms with Gasteiger partial charge in [-0.05, 0) is 56.1 Å². The molecule has 0 spiro atoms. The average molecular weight is 327 g/mol. The number of aliphatic carboxylic acids is 1. The molecule has 4 heteroatoms. The summed E-state index contributed by atoms with van der Waals surface area (Å²) in [4.78, 5) is 16.1. The molecule has 0 bridgehead atoms. The summed E-state index contributed by atoms with van der Waals surface area (Å²) in [5.74, 6) is -0.716. The molecule has 23 heavy (non-hydrogen) atoms. The molecular formula is C19H21NO2S. The van der Waals surface area contributed by atoms with Crippen LogP contribution in [0.5, 0.6) is 0 Å². The summed E-state index contributed by atoms with van der Waals surface area (Å²) in [5.41, 5.74) is 1.11. The second-order valence-corrected chi connectivity index (χ2v) is 6.94. The second-order valence-electron chi connectivity index (χ2n) is 5.82. The maximum absolute atomic E-state index is 11.7. The van der Waals surface area contributed by atoms with Gasteiger partial charge in [-0.2, -0.15) is 0 Å². The fraction of sp³-hybridized carbons (Fsp3) is 0.316. The summed E-state index contributed by atoms with van der Waals surface area (Å²) in [6.45, 7) is 1.79. The summed E-state index contributed by atoms with van der Waals surface area (Å²) in [5, 5.41) is 9.63. The highest BCUT2D eigenvalue weighted by Crippen LogP contribution is 2.31. The Morgan fingerprint density at radius 1 is 1.04 bits per heavy atom. The van der Waals surface area contributed by atoms with Gasteiger partial charge in [0.05, 0.1) is 0 Å². The molecule has 1 saturated heterocycles. The molecule has 0 unspecified atom stereocenters. The van der Waals surface area contributed by atoms with Gasteiger partial charge in [0, 0.05) is 9.79 Å². The van der Waals surface area contributed by atoms with Gasteiger partial charge in [0.25, 0.3) is 0 Å². The highest BCUT2D eigenvalue weighted by Gasteiger charge is 2.28. The molecule has 3 rings (SSSR count). The number of carboxylic acid groups (broad SMARTS) is 1. The molecule has 1 aliphatic rings. The fourth-order valence-electron chi connectivity index (χ4n) is 3.02. The van der Waals surface area contributed by atoms with Gasteiger partial charge >= 0.3 is 5.97 Å². The lowest BCUT2D eigenvalue weighted by atomic mass is 10.0. The SMILES string of the molecule is O=C(O)[C@H](Cc1ccccc1Sc1ccccc1)N1CCCC1. The Morgan fingerprint density at radius 3 is 2.39 bits per heavy atom. The monoisotopic (exact) mass is 327 g/mol. The maximum Gasteiger partial charge on any atom is 0.321 e. The highest BCUT2D eigenvalue weighted by atomic mass is 32.2. The Morgan fingerprint density at radius 2 is 1.70 bits per heavy atom. The van der Waals surface area contributed by atoms with Crippen LogP contribution >= 0.6 is 11.8 Å². The van der Waals surface area contributed by atoms with E-state index >= 15 is 0 Å². The summed E-state index contributed by atoms with van der Waals surface area (Å²) in [6.07, 6.45) is 2.76.